The van der Waals surface area contributed by atoms with Crippen LogP contribution >= 0.6 is 11.6 Å². The van der Waals surface area contributed by atoms with Gasteiger partial charge in [-0.15, -0.1) is 0 Å². The molecule has 0 spiro atoms. The Labute approximate surface area is 250 Å². The van der Waals surface area contributed by atoms with Gasteiger partial charge in [-0.25, -0.2) is 9.59 Å². The van der Waals surface area contributed by atoms with Gasteiger partial charge in [0.05, 0.1) is 18.2 Å². The maximum Gasteiger partial charge on any atom is 0.335 e. The second kappa shape index (κ2) is 13.4. The minimum absolute atomic E-state index is 0.0541. The number of nitrogens with zero attached hydrogens (tertiary/aromatic N) is 1. The van der Waals surface area contributed by atoms with Crippen LogP contribution in [0.25, 0.3) is 0 Å². The standard InChI is InChI=1S/C34H32ClN3O4/c35-30-16-7-5-12-25(30)19-26-18-17-24-11-4-6-15-29(24)32(26)38(22-23-9-2-1-3-10-23)31(39)21-36-34(42)37-28-14-8-13-27(20-28)33(40)41/h1-16,20,26,32H,17-19,21-22H2,(H,40,41)(H2,36,37,42). The Morgan fingerprint density at radius 1 is 0.881 bits per heavy atom. The molecular formula is C34H32ClN3O4. The van der Waals surface area contributed by atoms with Gasteiger partial charge in [0.15, 0.2) is 0 Å². The third-order valence-electron chi connectivity index (χ3n) is 7.66. The Morgan fingerprint density at radius 3 is 2.40 bits per heavy atom. The van der Waals surface area contributed by atoms with Crippen LogP contribution in [0.15, 0.2) is 103 Å². The van der Waals surface area contributed by atoms with E-state index in [0.717, 1.165) is 29.5 Å². The van der Waals surface area contributed by atoms with E-state index in [1.165, 1.54) is 17.7 Å². The molecular weight excluding hydrogens is 550 g/mol. The van der Waals surface area contributed by atoms with Crippen molar-refractivity contribution >= 4 is 35.2 Å². The van der Waals surface area contributed by atoms with E-state index in [1.54, 1.807) is 12.1 Å². The molecule has 214 valence electrons. The van der Waals surface area contributed by atoms with Crippen LogP contribution < -0.4 is 10.6 Å². The lowest BCUT2D eigenvalue weighted by Gasteiger charge is -2.42. The molecule has 1 aliphatic carbocycles. The molecule has 0 aromatic heterocycles. The summed E-state index contributed by atoms with van der Waals surface area (Å²) >= 11 is 6.57. The predicted octanol–water partition coefficient (Wildman–Crippen LogP) is 6.73. The summed E-state index contributed by atoms with van der Waals surface area (Å²) in [5.74, 6) is -1.20. The van der Waals surface area contributed by atoms with Gasteiger partial charge in [0, 0.05) is 17.3 Å². The highest BCUT2D eigenvalue weighted by Gasteiger charge is 2.36. The maximum atomic E-state index is 14.0. The van der Waals surface area contributed by atoms with Crippen LogP contribution in [0.5, 0.6) is 0 Å². The largest absolute Gasteiger partial charge is 0.478 e. The highest BCUT2D eigenvalue weighted by molar-refractivity contribution is 6.31. The highest BCUT2D eigenvalue weighted by atomic mass is 35.5. The summed E-state index contributed by atoms with van der Waals surface area (Å²) in [5.41, 5.74) is 4.73. The zero-order valence-corrected chi connectivity index (χ0v) is 23.8. The van der Waals surface area contributed by atoms with Crippen molar-refractivity contribution in [2.45, 2.75) is 31.8 Å². The number of hydrogen-bond acceptors (Lipinski definition) is 3. The van der Waals surface area contributed by atoms with Crippen molar-refractivity contribution in [3.8, 4) is 0 Å². The topological polar surface area (TPSA) is 98.7 Å². The van der Waals surface area contributed by atoms with Gasteiger partial charge in [-0.2, -0.15) is 0 Å². The average molecular weight is 582 g/mol. The lowest BCUT2D eigenvalue weighted by atomic mass is 9.76. The summed E-state index contributed by atoms with van der Waals surface area (Å²) in [6, 6.07) is 31.0. The predicted molar refractivity (Wildman–Crippen MR) is 164 cm³/mol. The number of hydrogen-bond donors (Lipinski definition) is 3. The molecule has 3 amide bonds. The lowest BCUT2D eigenvalue weighted by Crippen LogP contribution is -2.46. The van der Waals surface area contributed by atoms with Crippen molar-refractivity contribution in [3.05, 3.63) is 136 Å². The average Bonchev–Trinajstić information content (AvgIpc) is 3.00. The quantitative estimate of drug-likeness (QED) is 0.204. The van der Waals surface area contributed by atoms with Crippen LogP contribution in [-0.4, -0.2) is 34.5 Å². The number of carboxylic acids is 1. The maximum absolute atomic E-state index is 14.0. The summed E-state index contributed by atoms with van der Waals surface area (Å²) in [7, 11) is 0. The number of anilines is 1. The minimum atomic E-state index is -1.09. The van der Waals surface area contributed by atoms with Crippen LogP contribution in [0.4, 0.5) is 10.5 Å². The fraction of sp³-hybridized carbons (Fsp3) is 0.206. The number of carboxylic acid groups (broad SMARTS) is 1. The van der Waals surface area contributed by atoms with Gasteiger partial charge < -0.3 is 20.6 Å². The first-order valence-corrected chi connectivity index (χ1v) is 14.3. The Balaban J connectivity index is 1.41. The SMILES string of the molecule is O=C(NCC(=O)N(Cc1ccccc1)C1c2ccccc2CCC1Cc1ccccc1Cl)Nc1cccc(C(=O)O)c1. The number of fused-ring (bicyclic) bond motifs is 1. The highest BCUT2D eigenvalue weighted by Crippen LogP contribution is 2.42. The van der Waals surface area contributed by atoms with Gasteiger partial charge >= 0.3 is 12.0 Å². The van der Waals surface area contributed by atoms with Crippen LogP contribution in [0, 0.1) is 5.92 Å². The molecule has 0 saturated heterocycles. The van der Waals surface area contributed by atoms with Crippen molar-refractivity contribution in [1.82, 2.24) is 10.2 Å². The third kappa shape index (κ3) is 6.98. The molecule has 4 aromatic carbocycles. The van der Waals surface area contributed by atoms with E-state index in [0.29, 0.717) is 23.7 Å². The second-order valence-corrected chi connectivity index (χ2v) is 10.8. The normalized spacial score (nSPS) is 15.7. The van der Waals surface area contributed by atoms with Crippen molar-refractivity contribution in [2.75, 3.05) is 11.9 Å². The van der Waals surface area contributed by atoms with Crippen molar-refractivity contribution in [1.29, 1.82) is 0 Å². The monoisotopic (exact) mass is 581 g/mol. The van der Waals surface area contributed by atoms with Crippen LogP contribution in [0.1, 0.15) is 45.1 Å². The summed E-state index contributed by atoms with van der Waals surface area (Å²) in [4.78, 5) is 39.9. The van der Waals surface area contributed by atoms with E-state index in [1.807, 2.05) is 71.6 Å². The molecule has 8 heteroatoms. The van der Waals surface area contributed by atoms with Crippen LogP contribution in [-0.2, 0) is 24.2 Å². The molecule has 2 atom stereocenters. The number of nitrogens with one attached hydrogen (secondary N) is 2. The number of amides is 3. The second-order valence-electron chi connectivity index (χ2n) is 10.4. The molecule has 0 radical (unpaired) electrons. The number of rotatable bonds is 9. The zero-order valence-electron chi connectivity index (χ0n) is 23.0. The zero-order chi connectivity index (χ0) is 29.5. The van der Waals surface area contributed by atoms with Gasteiger partial charge in [-0.1, -0.05) is 90.5 Å². The first kappa shape index (κ1) is 28.9. The molecule has 0 fully saturated rings. The number of carbonyl (C=O) groups excluding carboxylic acids is 2. The number of halogens is 1. The van der Waals surface area contributed by atoms with E-state index < -0.39 is 12.0 Å². The van der Waals surface area contributed by atoms with E-state index in [-0.39, 0.29) is 30.0 Å². The summed E-state index contributed by atoms with van der Waals surface area (Å²) in [5, 5.41) is 15.2. The van der Waals surface area contributed by atoms with Gasteiger partial charge in [0.1, 0.15) is 0 Å². The first-order chi connectivity index (χ1) is 20.4. The van der Waals surface area contributed by atoms with E-state index in [2.05, 4.69) is 22.8 Å². The Morgan fingerprint density at radius 2 is 1.62 bits per heavy atom. The first-order valence-electron chi connectivity index (χ1n) is 13.9. The van der Waals surface area contributed by atoms with Gasteiger partial charge in [-0.05, 0) is 71.7 Å². The van der Waals surface area contributed by atoms with Gasteiger partial charge in [-0.3, -0.25) is 4.79 Å². The van der Waals surface area contributed by atoms with Crippen molar-refractivity contribution in [2.24, 2.45) is 5.92 Å². The summed E-state index contributed by atoms with van der Waals surface area (Å²) < 4.78 is 0. The minimum Gasteiger partial charge on any atom is -0.478 e. The fourth-order valence-corrected chi connectivity index (χ4v) is 5.88. The third-order valence-corrected chi connectivity index (χ3v) is 8.03. The van der Waals surface area contributed by atoms with E-state index in [9.17, 15) is 19.5 Å². The van der Waals surface area contributed by atoms with E-state index >= 15 is 0 Å². The Kier molecular flexibility index (Phi) is 9.19. The smallest absolute Gasteiger partial charge is 0.335 e. The summed E-state index contributed by atoms with van der Waals surface area (Å²) in [6.45, 7) is 0.149. The number of aryl methyl sites for hydroxylation is 1. The number of benzene rings is 4. The molecule has 42 heavy (non-hydrogen) atoms. The molecule has 1 aliphatic rings. The molecule has 0 bridgehead atoms. The molecule has 5 rings (SSSR count). The molecule has 0 saturated carbocycles. The van der Waals surface area contributed by atoms with E-state index in [4.69, 9.17) is 11.6 Å². The molecule has 2 unspecified atom stereocenters. The van der Waals surface area contributed by atoms with Crippen molar-refractivity contribution < 1.29 is 19.5 Å². The van der Waals surface area contributed by atoms with Crippen molar-refractivity contribution in [3.63, 3.8) is 0 Å². The lowest BCUT2D eigenvalue weighted by molar-refractivity contribution is -0.135. The molecule has 4 aromatic rings. The molecule has 3 N–H and O–H groups in total. The van der Waals surface area contributed by atoms with Gasteiger partial charge in [0.2, 0.25) is 5.91 Å². The summed E-state index contributed by atoms with van der Waals surface area (Å²) in [6.07, 6.45) is 2.51. The molecule has 0 heterocycles. The Hall–Kier alpha value is -4.62. The van der Waals surface area contributed by atoms with Gasteiger partial charge in [0.25, 0.3) is 0 Å². The molecule has 7 nitrogen and oxygen atoms in total. The number of urea groups is 1. The fourth-order valence-electron chi connectivity index (χ4n) is 5.67. The molecule has 0 aliphatic heterocycles. The number of carbonyl (C=O) groups is 3. The Bertz CT molecular complexity index is 1580. The number of aromatic carboxylic acids is 1. The van der Waals surface area contributed by atoms with Crippen LogP contribution in [0.2, 0.25) is 5.02 Å². The van der Waals surface area contributed by atoms with Crippen LogP contribution in [0.3, 0.4) is 0 Å².